The van der Waals surface area contributed by atoms with E-state index in [1.165, 1.54) is 0 Å². The fraction of sp³-hybridized carbons (Fsp3) is 0.235. The van der Waals surface area contributed by atoms with Gasteiger partial charge in [0.25, 0.3) is 5.91 Å². The van der Waals surface area contributed by atoms with E-state index in [0.717, 1.165) is 11.3 Å². The molecule has 108 valence electrons. The second-order valence-corrected chi connectivity index (χ2v) is 5.20. The first-order valence-electron chi connectivity index (χ1n) is 6.96. The van der Waals surface area contributed by atoms with Gasteiger partial charge < -0.3 is 14.8 Å². The van der Waals surface area contributed by atoms with E-state index in [-0.39, 0.29) is 12.0 Å². The Morgan fingerprint density at radius 3 is 2.52 bits per heavy atom. The highest BCUT2D eigenvalue weighted by Crippen LogP contribution is 2.29. The molecule has 1 amide bonds. The molecule has 0 bridgehead atoms. The first kappa shape index (κ1) is 13.5. The fourth-order valence-electron chi connectivity index (χ4n) is 2.25. The summed E-state index contributed by atoms with van der Waals surface area (Å²) in [5.74, 6) is 1.29. The van der Waals surface area contributed by atoms with Crippen molar-refractivity contribution in [3.8, 4) is 11.5 Å². The molecule has 2 aromatic carbocycles. The number of nitrogens with one attached hydrogen (secondary N) is 1. The van der Waals surface area contributed by atoms with Crippen LogP contribution in [0.15, 0.2) is 48.5 Å². The molecule has 3 rings (SSSR count). The Hall–Kier alpha value is -2.49. The molecule has 1 N–H and O–H groups in total. The molecule has 4 heteroatoms. The third kappa shape index (κ3) is 2.84. The maximum atomic E-state index is 12.1. The first-order chi connectivity index (χ1) is 10.1. The Bertz CT molecular complexity index is 649. The van der Waals surface area contributed by atoms with Crippen LogP contribution in [-0.4, -0.2) is 12.0 Å². The molecule has 4 nitrogen and oxygen atoms in total. The molecule has 0 radical (unpaired) electrons. The molecule has 0 saturated heterocycles. The van der Waals surface area contributed by atoms with Crippen LogP contribution in [-0.2, 0) is 0 Å². The molecular weight excluding hydrogens is 266 g/mol. The van der Waals surface area contributed by atoms with Gasteiger partial charge >= 0.3 is 0 Å². The largest absolute Gasteiger partial charge is 0.491 e. The first-order valence-corrected chi connectivity index (χ1v) is 6.96. The Labute approximate surface area is 123 Å². The smallest absolute Gasteiger partial charge is 0.258 e. The summed E-state index contributed by atoms with van der Waals surface area (Å²) < 4.78 is 11.4. The molecular formula is C17H17NO3. The predicted molar refractivity (Wildman–Crippen MR) is 79.5 cm³/mol. The minimum atomic E-state index is -0.472. The summed E-state index contributed by atoms with van der Waals surface area (Å²) >= 11 is 0. The summed E-state index contributed by atoms with van der Waals surface area (Å²) in [7, 11) is 0. The number of amides is 1. The second kappa shape index (κ2) is 5.48. The average molecular weight is 283 g/mol. The van der Waals surface area contributed by atoms with E-state index in [0.29, 0.717) is 11.3 Å². The monoisotopic (exact) mass is 283 g/mol. The van der Waals surface area contributed by atoms with Gasteiger partial charge in [0.1, 0.15) is 11.5 Å². The van der Waals surface area contributed by atoms with Crippen LogP contribution in [0.3, 0.4) is 0 Å². The lowest BCUT2D eigenvalue weighted by molar-refractivity contribution is 0.0756. The van der Waals surface area contributed by atoms with Crippen LogP contribution >= 0.6 is 0 Å². The predicted octanol–water partition coefficient (Wildman–Crippen LogP) is 3.29. The molecule has 1 atom stereocenters. The van der Waals surface area contributed by atoms with Crippen molar-refractivity contribution in [2.75, 3.05) is 0 Å². The summed E-state index contributed by atoms with van der Waals surface area (Å²) in [6, 6.07) is 14.8. The summed E-state index contributed by atoms with van der Waals surface area (Å²) in [6.45, 7) is 3.96. The topological polar surface area (TPSA) is 47.6 Å². The Balaban J connectivity index is 1.81. The van der Waals surface area contributed by atoms with Gasteiger partial charge in [0, 0.05) is 5.56 Å². The van der Waals surface area contributed by atoms with Gasteiger partial charge in [-0.1, -0.05) is 12.1 Å². The molecule has 1 heterocycles. The van der Waals surface area contributed by atoms with Crippen LogP contribution in [0.5, 0.6) is 11.5 Å². The Morgan fingerprint density at radius 2 is 1.81 bits per heavy atom. The van der Waals surface area contributed by atoms with Gasteiger partial charge in [-0.25, -0.2) is 0 Å². The molecule has 0 fully saturated rings. The number of hydrogen-bond acceptors (Lipinski definition) is 3. The number of rotatable bonds is 3. The molecule has 0 saturated carbocycles. The molecule has 21 heavy (non-hydrogen) atoms. The summed E-state index contributed by atoms with van der Waals surface area (Å²) in [4.78, 5) is 12.1. The van der Waals surface area contributed by atoms with Gasteiger partial charge in [-0.3, -0.25) is 4.79 Å². The Kier molecular flexibility index (Phi) is 3.52. The second-order valence-electron chi connectivity index (χ2n) is 5.20. The van der Waals surface area contributed by atoms with Crippen LogP contribution < -0.4 is 14.8 Å². The maximum absolute atomic E-state index is 12.1. The number of carbonyl (C=O) groups excluding carboxylic acids is 1. The van der Waals surface area contributed by atoms with Crippen molar-refractivity contribution in [2.24, 2.45) is 0 Å². The standard InChI is InChI=1S/C17H17NO3/c1-11(2)20-13-9-7-12(8-10-13)17-18-16(19)14-5-3-4-6-15(14)21-17/h3-11,17H,1-2H3,(H,18,19)/t17-/m0/s1. The number of para-hydroxylation sites is 1. The van der Waals surface area contributed by atoms with Crippen LogP contribution in [0.2, 0.25) is 0 Å². The number of hydrogen-bond donors (Lipinski definition) is 1. The number of fused-ring (bicyclic) bond motifs is 1. The number of ether oxygens (including phenoxy) is 2. The van der Waals surface area contributed by atoms with Crippen molar-refractivity contribution in [1.29, 1.82) is 0 Å². The zero-order chi connectivity index (χ0) is 14.8. The molecule has 0 aromatic heterocycles. The highest BCUT2D eigenvalue weighted by molar-refractivity contribution is 5.97. The fourth-order valence-corrected chi connectivity index (χ4v) is 2.25. The number of benzene rings is 2. The normalized spacial score (nSPS) is 16.9. The zero-order valence-corrected chi connectivity index (χ0v) is 12.0. The molecule has 0 spiro atoms. The van der Waals surface area contributed by atoms with Gasteiger partial charge in [-0.05, 0) is 50.2 Å². The van der Waals surface area contributed by atoms with E-state index in [2.05, 4.69) is 5.32 Å². The van der Waals surface area contributed by atoms with Crippen LogP contribution in [0, 0.1) is 0 Å². The third-order valence-corrected chi connectivity index (χ3v) is 3.19. The van der Waals surface area contributed by atoms with Crippen molar-refractivity contribution in [3.05, 3.63) is 59.7 Å². The van der Waals surface area contributed by atoms with Gasteiger partial charge in [0.2, 0.25) is 0 Å². The Morgan fingerprint density at radius 1 is 1.10 bits per heavy atom. The summed E-state index contributed by atoms with van der Waals surface area (Å²) in [5, 5.41) is 2.85. The number of carbonyl (C=O) groups is 1. The molecule has 2 aromatic rings. The highest BCUT2D eigenvalue weighted by Gasteiger charge is 2.26. The van der Waals surface area contributed by atoms with Gasteiger partial charge in [0.15, 0.2) is 6.23 Å². The zero-order valence-electron chi connectivity index (χ0n) is 12.0. The molecule has 1 aliphatic rings. The van der Waals surface area contributed by atoms with E-state index < -0.39 is 6.23 Å². The quantitative estimate of drug-likeness (QED) is 0.940. The molecule has 0 aliphatic carbocycles. The van der Waals surface area contributed by atoms with Gasteiger partial charge in [-0.15, -0.1) is 0 Å². The van der Waals surface area contributed by atoms with E-state index >= 15 is 0 Å². The van der Waals surface area contributed by atoms with Crippen molar-refractivity contribution in [3.63, 3.8) is 0 Å². The van der Waals surface area contributed by atoms with E-state index in [4.69, 9.17) is 9.47 Å². The van der Waals surface area contributed by atoms with Crippen LogP contribution in [0.25, 0.3) is 0 Å². The minimum Gasteiger partial charge on any atom is -0.491 e. The lowest BCUT2D eigenvalue weighted by Gasteiger charge is -2.27. The van der Waals surface area contributed by atoms with E-state index in [1.807, 2.05) is 50.2 Å². The van der Waals surface area contributed by atoms with Crippen molar-refractivity contribution in [2.45, 2.75) is 26.2 Å². The van der Waals surface area contributed by atoms with E-state index in [1.54, 1.807) is 12.1 Å². The lowest BCUT2D eigenvalue weighted by Crippen LogP contribution is -2.36. The SMILES string of the molecule is CC(C)Oc1ccc([C@H]2NC(=O)c3ccccc3O2)cc1. The molecule has 1 aliphatic heterocycles. The van der Waals surface area contributed by atoms with Gasteiger partial charge in [-0.2, -0.15) is 0 Å². The van der Waals surface area contributed by atoms with Crippen molar-refractivity contribution < 1.29 is 14.3 Å². The highest BCUT2D eigenvalue weighted by atomic mass is 16.5. The lowest BCUT2D eigenvalue weighted by atomic mass is 10.1. The molecule has 0 unspecified atom stereocenters. The minimum absolute atomic E-state index is 0.121. The van der Waals surface area contributed by atoms with E-state index in [9.17, 15) is 4.79 Å². The maximum Gasteiger partial charge on any atom is 0.258 e. The average Bonchev–Trinajstić information content (AvgIpc) is 2.47. The van der Waals surface area contributed by atoms with Crippen molar-refractivity contribution in [1.82, 2.24) is 5.32 Å². The van der Waals surface area contributed by atoms with Crippen LogP contribution in [0.1, 0.15) is 36.0 Å². The van der Waals surface area contributed by atoms with Crippen molar-refractivity contribution >= 4 is 5.91 Å². The third-order valence-electron chi connectivity index (χ3n) is 3.19. The summed E-state index contributed by atoms with van der Waals surface area (Å²) in [5.41, 5.74) is 1.45. The van der Waals surface area contributed by atoms with Gasteiger partial charge in [0.05, 0.1) is 11.7 Å². The summed E-state index contributed by atoms with van der Waals surface area (Å²) in [6.07, 6.45) is -0.339. The van der Waals surface area contributed by atoms with Crippen LogP contribution in [0.4, 0.5) is 0 Å².